The molecular formula is C3H4O3. The molecule has 0 saturated heterocycles. The summed E-state index contributed by atoms with van der Waals surface area (Å²) >= 11 is 0. The molecule has 0 atom stereocenters. The predicted molar refractivity (Wildman–Crippen MR) is 17.4 cm³/mol. The van der Waals surface area contributed by atoms with E-state index in [4.69, 9.17) is 5.11 Å². The molecule has 3 heteroatoms. The van der Waals surface area contributed by atoms with Crippen LogP contribution >= 0.6 is 0 Å². The van der Waals surface area contributed by atoms with Crippen LogP contribution < -0.4 is 0 Å². The minimum absolute atomic E-state index is 0.116. The van der Waals surface area contributed by atoms with Gasteiger partial charge in [0.2, 0.25) is 5.76 Å². The van der Waals surface area contributed by atoms with Crippen LogP contribution in [-0.4, -0.2) is 5.11 Å². The zero-order valence-corrected chi connectivity index (χ0v) is 3.26. The van der Waals surface area contributed by atoms with E-state index in [0.29, 0.717) is 5.76 Å². The molecule has 1 N–H and O–H groups in total. The molecule has 0 bridgehead atoms. The Morgan fingerprint density at radius 3 is 2.00 bits per heavy atom. The van der Waals surface area contributed by atoms with Crippen LogP contribution in [-0.2, 0) is 0 Å². The summed E-state index contributed by atoms with van der Waals surface area (Å²) in [6.45, 7) is 1.61. The fourth-order valence-electron chi connectivity index (χ4n) is 0.162. The minimum Gasteiger partial charge on any atom is -0.476 e. The average molecular weight is 88.1 g/mol. The molecule has 0 radical (unpaired) electrons. The van der Waals surface area contributed by atoms with Gasteiger partial charge >= 0.3 is 5.95 Å². The molecule has 34 valence electrons. The Hall–Kier alpha value is -0.860. The van der Waals surface area contributed by atoms with Gasteiger partial charge in [-0.3, -0.25) is 4.58 Å². The van der Waals surface area contributed by atoms with E-state index in [1.165, 1.54) is 0 Å². The SMILES string of the molecule is Cc1ooc1O. The molecule has 0 aromatic carbocycles. The third kappa shape index (κ3) is 0.217. The van der Waals surface area contributed by atoms with Gasteiger partial charge in [-0.2, -0.15) is 0 Å². The lowest BCUT2D eigenvalue weighted by molar-refractivity contribution is -0.0487. The Balaban J connectivity index is 2.87. The van der Waals surface area contributed by atoms with Crippen molar-refractivity contribution < 1.29 is 14.3 Å². The van der Waals surface area contributed by atoms with E-state index in [1.807, 2.05) is 0 Å². The summed E-state index contributed by atoms with van der Waals surface area (Å²) in [7, 11) is 0. The molecule has 0 saturated carbocycles. The van der Waals surface area contributed by atoms with E-state index in [-0.39, 0.29) is 5.95 Å². The minimum atomic E-state index is -0.116. The van der Waals surface area contributed by atoms with Crippen LogP contribution in [0.4, 0.5) is 0 Å². The number of hydrogen-bond acceptors (Lipinski definition) is 3. The Morgan fingerprint density at radius 1 is 1.50 bits per heavy atom. The lowest BCUT2D eigenvalue weighted by atomic mass is 10.6. The third-order valence-corrected chi connectivity index (χ3v) is 0.547. The van der Waals surface area contributed by atoms with Crippen LogP contribution in [0.3, 0.4) is 0 Å². The molecule has 0 aliphatic rings. The third-order valence-electron chi connectivity index (χ3n) is 0.547. The summed E-state index contributed by atoms with van der Waals surface area (Å²) in [5.41, 5.74) is 0. The van der Waals surface area contributed by atoms with Crippen LogP contribution in [0.1, 0.15) is 5.76 Å². The van der Waals surface area contributed by atoms with Gasteiger partial charge in [0.1, 0.15) is 0 Å². The quantitative estimate of drug-likeness (QED) is 0.479. The van der Waals surface area contributed by atoms with E-state index in [0.717, 1.165) is 0 Å². The van der Waals surface area contributed by atoms with Gasteiger partial charge in [0.15, 0.2) is 0 Å². The zero-order chi connectivity index (χ0) is 4.57. The lowest BCUT2D eigenvalue weighted by Crippen LogP contribution is -1.73. The van der Waals surface area contributed by atoms with E-state index in [9.17, 15) is 0 Å². The van der Waals surface area contributed by atoms with Crippen molar-refractivity contribution in [3.8, 4) is 5.95 Å². The maximum absolute atomic E-state index is 8.25. The largest absolute Gasteiger partial charge is 0.476 e. The molecule has 1 aromatic heterocycles. The van der Waals surface area contributed by atoms with Crippen molar-refractivity contribution in [3.05, 3.63) is 5.76 Å². The topological polar surface area (TPSA) is 46.5 Å². The predicted octanol–water partition coefficient (Wildman–Crippen LogP) is 0.887. The van der Waals surface area contributed by atoms with Crippen molar-refractivity contribution in [3.63, 3.8) is 0 Å². The lowest BCUT2D eigenvalue weighted by Gasteiger charge is -1.92. The molecule has 0 spiro atoms. The van der Waals surface area contributed by atoms with Crippen LogP contribution in [0.15, 0.2) is 9.15 Å². The van der Waals surface area contributed by atoms with Gasteiger partial charge in [0, 0.05) is 6.92 Å². The Labute approximate surface area is 34.1 Å². The van der Waals surface area contributed by atoms with Gasteiger partial charge in [-0.15, -0.1) is 0 Å². The first-order valence-corrected chi connectivity index (χ1v) is 1.55. The molecule has 0 fully saturated rings. The Morgan fingerprint density at radius 2 is 2.00 bits per heavy atom. The van der Waals surface area contributed by atoms with Gasteiger partial charge in [-0.05, 0) is 0 Å². The highest BCUT2D eigenvalue weighted by molar-refractivity contribution is 5.03. The van der Waals surface area contributed by atoms with Gasteiger partial charge in [-0.25, -0.2) is 4.58 Å². The summed E-state index contributed by atoms with van der Waals surface area (Å²) in [5.74, 6) is 0.324. The summed E-state index contributed by atoms with van der Waals surface area (Å²) < 4.78 is 8.15. The van der Waals surface area contributed by atoms with Crippen molar-refractivity contribution in [2.24, 2.45) is 0 Å². The number of aromatic hydroxyl groups is 1. The fraction of sp³-hybridized carbons (Fsp3) is 0.333. The summed E-state index contributed by atoms with van der Waals surface area (Å²) in [4.78, 5) is 0. The zero-order valence-electron chi connectivity index (χ0n) is 3.26. The van der Waals surface area contributed by atoms with Crippen molar-refractivity contribution >= 4 is 0 Å². The van der Waals surface area contributed by atoms with Gasteiger partial charge in [0.05, 0.1) is 0 Å². The van der Waals surface area contributed by atoms with Crippen molar-refractivity contribution in [2.75, 3.05) is 0 Å². The molecule has 6 heavy (non-hydrogen) atoms. The highest BCUT2D eigenvalue weighted by atomic mass is 17.0. The van der Waals surface area contributed by atoms with Crippen LogP contribution in [0.25, 0.3) is 0 Å². The second-order valence-electron chi connectivity index (χ2n) is 1.03. The first kappa shape index (κ1) is 3.33. The molecule has 1 rings (SSSR count). The van der Waals surface area contributed by atoms with Crippen molar-refractivity contribution in [1.82, 2.24) is 0 Å². The number of rotatable bonds is 0. The molecule has 1 aromatic rings. The highest BCUT2D eigenvalue weighted by Crippen LogP contribution is 2.17. The Kier molecular flexibility index (Phi) is 0.445. The number of aryl methyl sites for hydroxylation is 1. The normalized spacial score (nSPS) is 9.50. The summed E-state index contributed by atoms with van der Waals surface area (Å²) in [6, 6.07) is 0. The second kappa shape index (κ2) is 0.801. The van der Waals surface area contributed by atoms with E-state index < -0.39 is 0 Å². The first-order valence-electron chi connectivity index (χ1n) is 1.55. The average Bonchev–Trinajstić information content (AvgIpc) is 1.61. The summed E-state index contributed by atoms with van der Waals surface area (Å²) in [6.07, 6.45) is 0. The van der Waals surface area contributed by atoms with E-state index >= 15 is 0 Å². The molecular weight excluding hydrogens is 84.0 g/mol. The molecule has 0 unspecified atom stereocenters. The maximum atomic E-state index is 8.25. The fourth-order valence-corrected chi connectivity index (χ4v) is 0.162. The van der Waals surface area contributed by atoms with Crippen LogP contribution in [0.2, 0.25) is 0 Å². The monoisotopic (exact) mass is 88.0 g/mol. The van der Waals surface area contributed by atoms with E-state index in [2.05, 4.69) is 9.15 Å². The van der Waals surface area contributed by atoms with Gasteiger partial charge in [0.25, 0.3) is 0 Å². The summed E-state index contributed by atoms with van der Waals surface area (Å²) in [5, 5.41) is 8.25. The number of hydrogen-bond donors (Lipinski definition) is 1. The molecule has 1 heterocycles. The maximum Gasteiger partial charge on any atom is 0.371 e. The molecule has 0 amide bonds. The van der Waals surface area contributed by atoms with Crippen molar-refractivity contribution in [2.45, 2.75) is 6.92 Å². The van der Waals surface area contributed by atoms with Crippen LogP contribution in [0, 0.1) is 6.92 Å². The molecule has 3 nitrogen and oxygen atoms in total. The smallest absolute Gasteiger partial charge is 0.371 e. The van der Waals surface area contributed by atoms with Crippen molar-refractivity contribution in [1.29, 1.82) is 0 Å². The second-order valence-corrected chi connectivity index (χ2v) is 1.03. The van der Waals surface area contributed by atoms with E-state index in [1.54, 1.807) is 6.92 Å². The Bertz CT molecular complexity index is 112. The standard InChI is InChI=1S/C3H4O3/c1-2-3(4)6-5-2/h4H,1H3. The highest BCUT2D eigenvalue weighted by Gasteiger charge is 2.02. The molecule has 0 aliphatic carbocycles. The van der Waals surface area contributed by atoms with Crippen LogP contribution in [0.5, 0.6) is 5.95 Å². The van der Waals surface area contributed by atoms with Gasteiger partial charge in [-0.1, -0.05) is 0 Å². The van der Waals surface area contributed by atoms with Gasteiger partial charge < -0.3 is 5.11 Å². The molecule has 0 aliphatic heterocycles. The first-order chi connectivity index (χ1) is 2.80.